The maximum atomic E-state index is 14.2. The molecule has 1 unspecified atom stereocenters. The Balaban J connectivity index is 0.808. The minimum absolute atomic E-state index is 0.0421. The lowest BCUT2D eigenvalue weighted by atomic mass is 9.85. The lowest BCUT2D eigenvalue weighted by molar-refractivity contribution is -0.144. The molecule has 6 aromatic rings. The summed E-state index contributed by atoms with van der Waals surface area (Å²) in [6.45, 7) is 10.6. The topological polar surface area (TPSA) is 236 Å². The number of nitriles is 1. The van der Waals surface area contributed by atoms with E-state index in [0.717, 1.165) is 49.3 Å². The highest BCUT2D eigenvalue weighted by atomic mass is 32.1. The predicted molar refractivity (Wildman–Crippen MR) is 261 cm³/mol. The third-order valence-electron chi connectivity index (χ3n) is 12.5. The maximum Gasteiger partial charge on any atom is 0.246 e. The number of thiazole rings is 1. The number of carbonyl (C=O) groups is 4. The van der Waals surface area contributed by atoms with E-state index in [9.17, 15) is 29.5 Å². The number of nitrogens with zero attached hydrogens (tertiary/aromatic N) is 9. The standard InChI is InChI=1S/C48H55N13O5S2/c1-27(30-7-9-31(10-8-30)42-28(2)52-26-67-42)54-44(65)39-20-34(62)25-60(39)46(66)43(48(3,4)5)56-41(64)14-13-40(63)55-32-15-17-59(18-16-32)47-58-57-45(68-47)35-24-51-37(21-36(35)50-6)38-12-11-33-19-29(22-49)23-53-61(33)38/h7-12,19,21,23-24,26-27,32,34,39,43,62H,13-18,20,25H2,1-6H3,(H,50,51)(H,54,65)(H,55,63)(H,56,64)/t27-,34?,39-,43+/m0/s1. The zero-order valence-electron chi connectivity index (χ0n) is 38.8. The van der Waals surface area contributed by atoms with Crippen LogP contribution in [0.2, 0.25) is 0 Å². The van der Waals surface area contributed by atoms with Crippen LogP contribution < -0.4 is 26.2 Å². The molecule has 0 spiro atoms. The van der Waals surface area contributed by atoms with Gasteiger partial charge >= 0.3 is 0 Å². The maximum absolute atomic E-state index is 14.2. The summed E-state index contributed by atoms with van der Waals surface area (Å²) < 4.78 is 1.75. The number of piperidine rings is 1. The van der Waals surface area contributed by atoms with Gasteiger partial charge < -0.3 is 36.2 Å². The largest absolute Gasteiger partial charge is 0.391 e. The molecule has 7 heterocycles. The van der Waals surface area contributed by atoms with Crippen molar-refractivity contribution in [1.82, 2.24) is 50.6 Å². The van der Waals surface area contributed by atoms with Gasteiger partial charge in [0.1, 0.15) is 18.2 Å². The van der Waals surface area contributed by atoms with Crippen LogP contribution in [0.15, 0.2) is 66.4 Å². The number of aliphatic hydroxyl groups is 1. The van der Waals surface area contributed by atoms with E-state index in [2.05, 4.69) is 52.5 Å². The number of pyridine rings is 1. The number of anilines is 2. The second-order valence-electron chi connectivity index (χ2n) is 18.4. The Bertz CT molecular complexity index is 2860. The molecular formula is C48H55N13O5S2. The van der Waals surface area contributed by atoms with E-state index < -0.39 is 35.4 Å². The van der Waals surface area contributed by atoms with E-state index in [1.54, 1.807) is 28.1 Å². The van der Waals surface area contributed by atoms with Crippen LogP contribution in [0.25, 0.3) is 37.9 Å². The molecule has 20 heteroatoms. The van der Waals surface area contributed by atoms with Crippen molar-refractivity contribution in [1.29, 1.82) is 5.26 Å². The molecule has 0 radical (unpaired) electrons. The number of aliphatic hydroxyl groups excluding tert-OH is 1. The first-order valence-electron chi connectivity index (χ1n) is 22.6. The summed E-state index contributed by atoms with van der Waals surface area (Å²) in [6, 6.07) is 15.2. The third-order valence-corrected chi connectivity index (χ3v) is 14.5. The van der Waals surface area contributed by atoms with Crippen molar-refractivity contribution in [3.63, 3.8) is 0 Å². The van der Waals surface area contributed by atoms with Crippen molar-refractivity contribution < 1.29 is 24.3 Å². The van der Waals surface area contributed by atoms with Crippen molar-refractivity contribution in [3.8, 4) is 38.5 Å². The molecule has 18 nitrogen and oxygen atoms in total. The van der Waals surface area contributed by atoms with Gasteiger partial charge in [-0.2, -0.15) is 10.4 Å². The number of β-amino-alcohol motifs (C(OH)–C–C–N with tert-alkyl or cyclic N) is 1. The molecule has 2 aliphatic rings. The van der Waals surface area contributed by atoms with Crippen molar-refractivity contribution in [2.75, 3.05) is 36.9 Å². The van der Waals surface area contributed by atoms with Crippen molar-refractivity contribution in [3.05, 3.63) is 83.3 Å². The quantitative estimate of drug-likeness (QED) is 0.0909. The zero-order valence-corrected chi connectivity index (χ0v) is 40.4. The average Bonchev–Trinajstić information content (AvgIpc) is 4.16. The summed E-state index contributed by atoms with van der Waals surface area (Å²) in [5, 5.41) is 47.0. The number of carbonyl (C=O) groups excluding carboxylic acids is 4. The zero-order chi connectivity index (χ0) is 48.3. The lowest BCUT2D eigenvalue weighted by Crippen LogP contribution is -2.58. The molecule has 5 N–H and O–H groups in total. The summed E-state index contributed by atoms with van der Waals surface area (Å²) in [6.07, 6.45) is 3.62. The first-order valence-corrected chi connectivity index (χ1v) is 24.3. The highest BCUT2D eigenvalue weighted by molar-refractivity contribution is 7.18. The van der Waals surface area contributed by atoms with E-state index >= 15 is 0 Å². The van der Waals surface area contributed by atoms with E-state index in [1.807, 2.05) is 89.6 Å². The molecule has 68 heavy (non-hydrogen) atoms. The number of hydrogen-bond donors (Lipinski definition) is 5. The molecule has 8 rings (SSSR count). The molecule has 5 aromatic heterocycles. The van der Waals surface area contributed by atoms with Gasteiger partial charge in [-0.1, -0.05) is 56.4 Å². The Morgan fingerprint density at radius 3 is 2.41 bits per heavy atom. The van der Waals surface area contributed by atoms with Crippen molar-refractivity contribution in [2.24, 2.45) is 5.41 Å². The van der Waals surface area contributed by atoms with Crippen LogP contribution in [-0.4, -0.2) is 114 Å². The molecule has 2 saturated heterocycles. The number of aryl methyl sites for hydroxylation is 1. The summed E-state index contributed by atoms with van der Waals surface area (Å²) in [5.41, 5.74) is 8.35. The Hall–Kier alpha value is -6.82. The van der Waals surface area contributed by atoms with Crippen LogP contribution in [-0.2, 0) is 19.2 Å². The van der Waals surface area contributed by atoms with Gasteiger partial charge in [-0.15, -0.1) is 21.5 Å². The number of benzene rings is 1. The van der Waals surface area contributed by atoms with Gasteiger partial charge in [0, 0.05) is 63.9 Å². The summed E-state index contributed by atoms with van der Waals surface area (Å²) >= 11 is 3.03. The molecule has 0 saturated carbocycles. The average molecular weight is 958 g/mol. The third kappa shape index (κ3) is 10.5. The SMILES string of the molecule is CNc1cc(-c2ccc3cc(C#N)cnn23)ncc1-c1nnc(N2CCC(NC(=O)CCC(=O)N[C@H](C(=O)N3CC(O)C[C@H]3C(=O)N[C@@H](C)c3ccc(-c4scnc4C)cc3)C(C)(C)C)CC2)s1. The summed E-state index contributed by atoms with van der Waals surface area (Å²) in [5.74, 6) is -1.57. The molecule has 4 amide bonds. The first kappa shape index (κ1) is 47.7. The fourth-order valence-electron chi connectivity index (χ4n) is 8.67. The first-order chi connectivity index (χ1) is 32.6. The molecule has 4 atom stereocenters. The van der Waals surface area contributed by atoms with Crippen LogP contribution in [0.1, 0.15) is 82.7 Å². The normalized spacial score (nSPS) is 17.4. The Morgan fingerprint density at radius 1 is 0.971 bits per heavy atom. The highest BCUT2D eigenvalue weighted by Crippen LogP contribution is 2.36. The minimum Gasteiger partial charge on any atom is -0.391 e. The second-order valence-corrected chi connectivity index (χ2v) is 20.2. The van der Waals surface area contributed by atoms with Gasteiger partial charge in [-0.25, -0.2) is 9.50 Å². The molecule has 354 valence electrons. The van der Waals surface area contributed by atoms with Gasteiger partial charge in [-0.05, 0) is 67.5 Å². The smallest absolute Gasteiger partial charge is 0.246 e. The molecule has 1 aromatic carbocycles. The Labute approximate surface area is 402 Å². The van der Waals surface area contributed by atoms with Crippen LogP contribution in [0, 0.1) is 23.7 Å². The molecular weight excluding hydrogens is 903 g/mol. The number of fused-ring (bicyclic) bond motifs is 1. The molecule has 0 bridgehead atoms. The number of hydrogen-bond acceptors (Lipinski definition) is 15. The lowest BCUT2D eigenvalue weighted by Gasteiger charge is -2.35. The van der Waals surface area contributed by atoms with Crippen LogP contribution in [0.3, 0.4) is 0 Å². The van der Waals surface area contributed by atoms with E-state index in [4.69, 9.17) is 4.98 Å². The van der Waals surface area contributed by atoms with Gasteiger partial charge in [0.25, 0.3) is 0 Å². The van der Waals surface area contributed by atoms with Crippen LogP contribution in [0.5, 0.6) is 0 Å². The van der Waals surface area contributed by atoms with Crippen molar-refractivity contribution >= 4 is 62.6 Å². The van der Waals surface area contributed by atoms with Gasteiger partial charge in [-0.3, -0.25) is 24.2 Å². The molecule has 2 fully saturated rings. The fourth-order valence-corrected chi connectivity index (χ4v) is 10.4. The number of likely N-dealkylation sites (tertiary alicyclic amines) is 1. The number of rotatable bonds is 14. The predicted octanol–water partition coefficient (Wildman–Crippen LogP) is 5.50. The number of aromatic nitrogens is 6. The van der Waals surface area contributed by atoms with Gasteiger partial charge in [0.15, 0.2) is 5.01 Å². The molecule has 0 aliphatic carbocycles. The monoisotopic (exact) mass is 957 g/mol. The van der Waals surface area contributed by atoms with Crippen molar-refractivity contribution in [2.45, 2.75) is 97.0 Å². The van der Waals surface area contributed by atoms with E-state index in [0.29, 0.717) is 42.2 Å². The van der Waals surface area contributed by atoms with Gasteiger partial charge in [0.05, 0.1) is 62.5 Å². The van der Waals surface area contributed by atoms with Gasteiger partial charge in [0.2, 0.25) is 28.8 Å². The van der Waals surface area contributed by atoms with E-state index in [-0.39, 0.29) is 49.7 Å². The Morgan fingerprint density at radius 2 is 1.72 bits per heavy atom. The fraction of sp³-hybridized carbons (Fsp3) is 0.417. The van der Waals surface area contributed by atoms with E-state index in [1.165, 1.54) is 22.4 Å². The van der Waals surface area contributed by atoms with Crippen LogP contribution >= 0.6 is 22.7 Å². The van der Waals surface area contributed by atoms with Crippen LogP contribution in [0.4, 0.5) is 10.8 Å². The minimum atomic E-state index is -1.01. The Kier molecular flexibility index (Phi) is 14.2. The number of amides is 4. The highest BCUT2D eigenvalue weighted by Gasteiger charge is 2.45. The summed E-state index contributed by atoms with van der Waals surface area (Å²) in [4.78, 5) is 68.0. The molecule has 2 aliphatic heterocycles. The second kappa shape index (κ2) is 20.2. The number of nitrogens with one attached hydrogen (secondary N) is 4. The summed E-state index contributed by atoms with van der Waals surface area (Å²) in [7, 11) is 1.84.